The van der Waals surface area contributed by atoms with Crippen LogP contribution in [0.2, 0.25) is 5.02 Å². The zero-order valence-corrected chi connectivity index (χ0v) is 13.2. The number of nitrogens with one attached hydrogen (secondary N) is 1. The molecule has 1 atom stereocenters. The normalized spacial score (nSPS) is 12.0. The minimum atomic E-state index is -0.445. The number of carbonyl (C=O) groups excluding carboxylic acids is 1. The predicted octanol–water partition coefficient (Wildman–Crippen LogP) is 4.16. The Morgan fingerprint density at radius 1 is 1.18 bits per heavy atom. The molecule has 0 spiro atoms. The van der Waals surface area contributed by atoms with Crippen LogP contribution in [0.4, 0.5) is 4.39 Å². The molecule has 0 bridgehead atoms. The third kappa shape index (κ3) is 4.85. The Bertz CT molecular complexity index is 610. The van der Waals surface area contributed by atoms with Gasteiger partial charge in [-0.05, 0) is 37.5 Å². The Hall–Kier alpha value is -1.87. The van der Waals surface area contributed by atoms with Gasteiger partial charge in [0.1, 0.15) is 5.82 Å². The second-order valence-corrected chi connectivity index (χ2v) is 5.78. The Morgan fingerprint density at radius 2 is 1.91 bits per heavy atom. The van der Waals surface area contributed by atoms with Crippen LogP contribution >= 0.6 is 11.6 Å². The summed E-state index contributed by atoms with van der Waals surface area (Å²) >= 11 is 5.93. The number of halogens is 2. The molecule has 2 aromatic rings. The molecule has 1 amide bonds. The minimum absolute atomic E-state index is 0.0262. The Balaban J connectivity index is 1.84. The van der Waals surface area contributed by atoms with Crippen molar-refractivity contribution < 1.29 is 9.18 Å². The van der Waals surface area contributed by atoms with E-state index >= 15 is 0 Å². The van der Waals surface area contributed by atoms with Crippen molar-refractivity contribution in [1.29, 1.82) is 0 Å². The molecule has 2 nitrogen and oxygen atoms in total. The van der Waals surface area contributed by atoms with Crippen LogP contribution in [0.25, 0.3) is 0 Å². The molecule has 4 heteroatoms. The van der Waals surface area contributed by atoms with Gasteiger partial charge in [-0.25, -0.2) is 4.39 Å². The van der Waals surface area contributed by atoms with Crippen LogP contribution in [0.1, 0.15) is 24.5 Å². The monoisotopic (exact) mass is 319 g/mol. The van der Waals surface area contributed by atoms with E-state index in [-0.39, 0.29) is 29.0 Å². The average molecular weight is 320 g/mol. The lowest BCUT2D eigenvalue weighted by atomic mass is 10.1. The van der Waals surface area contributed by atoms with Crippen molar-refractivity contribution in [2.24, 2.45) is 0 Å². The number of rotatable bonds is 6. The van der Waals surface area contributed by atoms with Gasteiger partial charge in [0.05, 0.1) is 6.42 Å². The van der Waals surface area contributed by atoms with Crippen LogP contribution in [-0.2, 0) is 17.6 Å². The van der Waals surface area contributed by atoms with E-state index in [1.54, 1.807) is 6.07 Å². The number of hydrogen-bond acceptors (Lipinski definition) is 1. The Kier molecular flexibility index (Phi) is 5.96. The fraction of sp³-hybridized carbons (Fsp3) is 0.278. The molecule has 22 heavy (non-hydrogen) atoms. The molecule has 1 unspecified atom stereocenters. The smallest absolute Gasteiger partial charge is 0.224 e. The van der Waals surface area contributed by atoms with Gasteiger partial charge in [-0.3, -0.25) is 4.79 Å². The number of amides is 1. The molecule has 0 radical (unpaired) electrons. The highest BCUT2D eigenvalue weighted by molar-refractivity contribution is 6.31. The largest absolute Gasteiger partial charge is 0.353 e. The lowest BCUT2D eigenvalue weighted by molar-refractivity contribution is -0.121. The minimum Gasteiger partial charge on any atom is -0.353 e. The second-order valence-electron chi connectivity index (χ2n) is 5.37. The number of benzene rings is 2. The SMILES string of the molecule is CC(CCc1ccccc1)NC(=O)Cc1c(F)cccc1Cl. The fourth-order valence-corrected chi connectivity index (χ4v) is 2.52. The highest BCUT2D eigenvalue weighted by Gasteiger charge is 2.13. The van der Waals surface area contributed by atoms with Crippen LogP contribution in [0.15, 0.2) is 48.5 Å². The first-order chi connectivity index (χ1) is 10.6. The quantitative estimate of drug-likeness (QED) is 0.851. The van der Waals surface area contributed by atoms with Crippen LogP contribution in [0.3, 0.4) is 0 Å². The van der Waals surface area contributed by atoms with Gasteiger partial charge in [0.25, 0.3) is 0 Å². The van der Waals surface area contributed by atoms with Crippen LogP contribution in [0.5, 0.6) is 0 Å². The second kappa shape index (κ2) is 7.95. The molecule has 2 aromatic carbocycles. The molecule has 1 N–H and O–H groups in total. The first-order valence-corrected chi connectivity index (χ1v) is 7.70. The molecule has 116 valence electrons. The lowest BCUT2D eigenvalue weighted by Crippen LogP contribution is -2.34. The summed E-state index contributed by atoms with van der Waals surface area (Å²) in [5.74, 6) is -0.660. The lowest BCUT2D eigenvalue weighted by Gasteiger charge is -2.14. The molecule has 0 heterocycles. The average Bonchev–Trinajstić information content (AvgIpc) is 2.50. The summed E-state index contributed by atoms with van der Waals surface area (Å²) in [7, 11) is 0. The third-order valence-corrected chi connectivity index (χ3v) is 3.87. The van der Waals surface area contributed by atoms with Gasteiger partial charge >= 0.3 is 0 Å². The molecule has 0 saturated carbocycles. The number of carbonyl (C=O) groups is 1. The first kappa shape index (κ1) is 16.5. The topological polar surface area (TPSA) is 29.1 Å². The van der Waals surface area contributed by atoms with Gasteiger partial charge in [-0.2, -0.15) is 0 Å². The van der Waals surface area contributed by atoms with E-state index < -0.39 is 5.82 Å². The van der Waals surface area contributed by atoms with E-state index in [1.165, 1.54) is 17.7 Å². The Morgan fingerprint density at radius 3 is 2.59 bits per heavy atom. The molecule has 2 rings (SSSR count). The van der Waals surface area contributed by atoms with Crippen molar-refractivity contribution >= 4 is 17.5 Å². The summed E-state index contributed by atoms with van der Waals surface area (Å²) < 4.78 is 13.7. The van der Waals surface area contributed by atoms with Crippen molar-refractivity contribution in [1.82, 2.24) is 5.32 Å². The molecular formula is C18H19ClFNO. The van der Waals surface area contributed by atoms with Crippen LogP contribution in [0, 0.1) is 5.82 Å². The molecule has 0 fully saturated rings. The first-order valence-electron chi connectivity index (χ1n) is 7.32. The summed E-state index contributed by atoms with van der Waals surface area (Å²) in [6.07, 6.45) is 1.69. The zero-order valence-electron chi connectivity index (χ0n) is 12.5. The van der Waals surface area contributed by atoms with Gasteiger partial charge in [0, 0.05) is 16.6 Å². The van der Waals surface area contributed by atoms with E-state index in [4.69, 9.17) is 11.6 Å². The zero-order chi connectivity index (χ0) is 15.9. The van der Waals surface area contributed by atoms with Gasteiger partial charge in [-0.1, -0.05) is 48.0 Å². The summed E-state index contributed by atoms with van der Waals surface area (Å²) in [4.78, 5) is 12.0. The van der Waals surface area contributed by atoms with E-state index in [0.717, 1.165) is 12.8 Å². The Labute approximate surface area is 135 Å². The van der Waals surface area contributed by atoms with Crippen LogP contribution < -0.4 is 5.32 Å². The highest BCUT2D eigenvalue weighted by atomic mass is 35.5. The van der Waals surface area contributed by atoms with Crippen molar-refractivity contribution in [3.05, 3.63) is 70.5 Å². The standard InChI is InChI=1S/C18H19ClFNO/c1-13(10-11-14-6-3-2-4-7-14)21-18(22)12-15-16(19)8-5-9-17(15)20/h2-9,13H,10-12H2,1H3,(H,21,22). The van der Waals surface area contributed by atoms with Gasteiger partial charge in [-0.15, -0.1) is 0 Å². The molecule has 0 aromatic heterocycles. The van der Waals surface area contributed by atoms with Gasteiger partial charge in [0.15, 0.2) is 0 Å². The molecular weight excluding hydrogens is 301 g/mol. The van der Waals surface area contributed by atoms with E-state index in [1.807, 2.05) is 25.1 Å². The predicted molar refractivity (Wildman–Crippen MR) is 87.5 cm³/mol. The van der Waals surface area contributed by atoms with Crippen molar-refractivity contribution in [3.63, 3.8) is 0 Å². The molecule has 0 saturated heterocycles. The molecule has 0 aliphatic carbocycles. The number of aryl methyl sites for hydroxylation is 1. The van der Waals surface area contributed by atoms with Gasteiger partial charge in [0.2, 0.25) is 5.91 Å². The summed E-state index contributed by atoms with van der Waals surface area (Å²) in [5, 5.41) is 3.17. The highest BCUT2D eigenvalue weighted by Crippen LogP contribution is 2.19. The van der Waals surface area contributed by atoms with Crippen LogP contribution in [-0.4, -0.2) is 11.9 Å². The van der Waals surface area contributed by atoms with Gasteiger partial charge < -0.3 is 5.32 Å². The van der Waals surface area contributed by atoms with E-state index in [9.17, 15) is 9.18 Å². The van der Waals surface area contributed by atoms with Crippen molar-refractivity contribution in [2.75, 3.05) is 0 Å². The summed E-state index contributed by atoms with van der Waals surface area (Å²) in [6, 6.07) is 14.6. The summed E-state index contributed by atoms with van der Waals surface area (Å²) in [5.41, 5.74) is 1.48. The molecule has 0 aliphatic heterocycles. The summed E-state index contributed by atoms with van der Waals surface area (Å²) in [6.45, 7) is 1.95. The maximum absolute atomic E-state index is 13.7. The van der Waals surface area contributed by atoms with Crippen molar-refractivity contribution in [3.8, 4) is 0 Å². The van der Waals surface area contributed by atoms with Crippen molar-refractivity contribution in [2.45, 2.75) is 32.2 Å². The number of hydrogen-bond donors (Lipinski definition) is 1. The molecule has 0 aliphatic rings. The maximum atomic E-state index is 13.7. The third-order valence-electron chi connectivity index (χ3n) is 3.52. The maximum Gasteiger partial charge on any atom is 0.224 e. The van der Waals surface area contributed by atoms with E-state index in [0.29, 0.717) is 0 Å². The fourth-order valence-electron chi connectivity index (χ4n) is 2.29. The van der Waals surface area contributed by atoms with E-state index in [2.05, 4.69) is 17.4 Å².